The van der Waals surface area contributed by atoms with Crippen molar-refractivity contribution < 1.29 is 29.0 Å². The minimum atomic E-state index is -0.667. The van der Waals surface area contributed by atoms with E-state index in [1.54, 1.807) is 25.1 Å². The molecule has 0 fully saturated rings. The van der Waals surface area contributed by atoms with Gasteiger partial charge in [-0.2, -0.15) is 0 Å². The molecule has 8 nitrogen and oxygen atoms in total. The Hall–Kier alpha value is -3.55. The number of anilines is 2. The molecule has 1 atom stereocenters. The number of hydrogen-bond acceptors (Lipinski definition) is 6. The zero-order valence-corrected chi connectivity index (χ0v) is 16.4. The van der Waals surface area contributed by atoms with Crippen LogP contribution in [0.1, 0.15) is 47.2 Å². The molecule has 29 heavy (non-hydrogen) atoms. The van der Waals surface area contributed by atoms with E-state index in [2.05, 4.69) is 10.6 Å². The first-order valence-electron chi connectivity index (χ1n) is 9.10. The maximum Gasteiger partial charge on any atom is 0.341 e. The minimum absolute atomic E-state index is 0.0244. The molecular weight excluding hydrogens is 376 g/mol. The maximum atomic E-state index is 12.3. The van der Waals surface area contributed by atoms with E-state index in [1.807, 2.05) is 0 Å². The summed E-state index contributed by atoms with van der Waals surface area (Å²) in [5.41, 5.74) is 2.48. The van der Waals surface area contributed by atoms with Crippen molar-refractivity contribution in [2.75, 3.05) is 24.9 Å². The predicted molar refractivity (Wildman–Crippen MR) is 106 cm³/mol. The lowest BCUT2D eigenvalue weighted by Crippen LogP contribution is -2.24. The van der Waals surface area contributed by atoms with Crippen LogP contribution in [0.4, 0.5) is 11.4 Å². The summed E-state index contributed by atoms with van der Waals surface area (Å²) in [6.45, 7) is 1.74. The highest BCUT2D eigenvalue weighted by atomic mass is 16.5. The first-order chi connectivity index (χ1) is 13.9. The van der Waals surface area contributed by atoms with E-state index < -0.39 is 5.97 Å². The Labute approximate surface area is 167 Å². The first kappa shape index (κ1) is 20.2. The van der Waals surface area contributed by atoms with Crippen LogP contribution in [0.25, 0.3) is 0 Å². The topological polar surface area (TPSA) is 114 Å². The highest BCUT2D eigenvalue weighted by Gasteiger charge is 2.29. The van der Waals surface area contributed by atoms with Crippen molar-refractivity contribution in [1.29, 1.82) is 0 Å². The fraction of sp³-hybridized carbons (Fsp3) is 0.286. The number of amides is 2. The number of phenols is 1. The number of rotatable bonds is 5. The average molecular weight is 398 g/mol. The molecule has 3 N–H and O–H groups in total. The molecule has 152 valence electrons. The van der Waals surface area contributed by atoms with Gasteiger partial charge in [0, 0.05) is 24.4 Å². The zero-order valence-electron chi connectivity index (χ0n) is 16.4. The van der Waals surface area contributed by atoms with Crippen molar-refractivity contribution in [3.8, 4) is 11.5 Å². The van der Waals surface area contributed by atoms with Crippen LogP contribution in [0.5, 0.6) is 11.5 Å². The van der Waals surface area contributed by atoms with Crippen LogP contribution in [0.2, 0.25) is 0 Å². The molecule has 0 unspecified atom stereocenters. The molecule has 8 heteroatoms. The molecule has 0 bridgehead atoms. The van der Waals surface area contributed by atoms with Crippen LogP contribution in [0.3, 0.4) is 0 Å². The second-order valence-electron chi connectivity index (χ2n) is 6.61. The number of methoxy groups -OCH3 is 2. The molecule has 0 aliphatic carbocycles. The number of hydrogen-bond donors (Lipinski definition) is 3. The van der Waals surface area contributed by atoms with Crippen LogP contribution >= 0.6 is 0 Å². The van der Waals surface area contributed by atoms with Gasteiger partial charge in [0.25, 0.3) is 0 Å². The van der Waals surface area contributed by atoms with Gasteiger partial charge in [-0.1, -0.05) is 13.0 Å². The number of carbonyl (C=O) groups excluding carboxylic acids is 3. The predicted octanol–water partition coefficient (Wildman–Crippen LogP) is 3.01. The number of aromatic hydroxyl groups is 1. The summed E-state index contributed by atoms with van der Waals surface area (Å²) in [6, 6.07) is 8.01. The van der Waals surface area contributed by atoms with Gasteiger partial charge in [0.15, 0.2) is 0 Å². The van der Waals surface area contributed by atoms with Gasteiger partial charge in [-0.25, -0.2) is 4.79 Å². The zero-order chi connectivity index (χ0) is 21.1. The summed E-state index contributed by atoms with van der Waals surface area (Å²) in [4.78, 5) is 36.1. The summed E-state index contributed by atoms with van der Waals surface area (Å²) in [5, 5.41) is 15.5. The smallest absolute Gasteiger partial charge is 0.341 e. The quantitative estimate of drug-likeness (QED) is 0.667. The summed E-state index contributed by atoms with van der Waals surface area (Å²) in [7, 11) is 2.73. The number of carbonyl (C=O) groups is 3. The summed E-state index contributed by atoms with van der Waals surface area (Å²) >= 11 is 0. The van der Waals surface area contributed by atoms with Crippen molar-refractivity contribution in [2.24, 2.45) is 0 Å². The van der Waals surface area contributed by atoms with E-state index in [9.17, 15) is 19.5 Å². The number of phenolic OH excluding ortho intramolecular Hbond substituents is 1. The second-order valence-corrected chi connectivity index (χ2v) is 6.61. The molecule has 0 saturated heterocycles. The summed E-state index contributed by atoms with van der Waals surface area (Å²) < 4.78 is 10.1. The Morgan fingerprint density at radius 1 is 1.24 bits per heavy atom. The average Bonchev–Trinajstić information content (AvgIpc) is 2.72. The highest BCUT2D eigenvalue weighted by molar-refractivity contribution is 5.99. The van der Waals surface area contributed by atoms with E-state index in [0.717, 1.165) is 5.56 Å². The van der Waals surface area contributed by atoms with Crippen LogP contribution in [0.15, 0.2) is 30.3 Å². The Kier molecular flexibility index (Phi) is 5.72. The number of benzene rings is 2. The maximum absolute atomic E-state index is 12.3. The fourth-order valence-electron chi connectivity index (χ4n) is 3.34. The third kappa shape index (κ3) is 4.01. The molecule has 0 aromatic heterocycles. The molecular formula is C21H22N2O6. The van der Waals surface area contributed by atoms with Crippen molar-refractivity contribution in [2.45, 2.75) is 25.7 Å². The van der Waals surface area contributed by atoms with Crippen LogP contribution in [-0.4, -0.2) is 37.1 Å². The van der Waals surface area contributed by atoms with Crippen LogP contribution < -0.4 is 15.4 Å². The van der Waals surface area contributed by atoms with Gasteiger partial charge < -0.3 is 25.2 Å². The van der Waals surface area contributed by atoms with E-state index in [1.165, 1.54) is 26.4 Å². The van der Waals surface area contributed by atoms with Crippen LogP contribution in [0, 0.1) is 0 Å². The number of fused-ring (bicyclic) bond motifs is 1. The van der Waals surface area contributed by atoms with Crippen LogP contribution in [-0.2, 0) is 14.3 Å². The fourth-order valence-corrected chi connectivity index (χ4v) is 3.34. The highest BCUT2D eigenvalue weighted by Crippen LogP contribution is 2.43. The van der Waals surface area contributed by atoms with Gasteiger partial charge in [0.1, 0.15) is 17.1 Å². The van der Waals surface area contributed by atoms with Gasteiger partial charge >= 0.3 is 5.97 Å². The Morgan fingerprint density at radius 2 is 2.00 bits per heavy atom. The Morgan fingerprint density at radius 3 is 2.66 bits per heavy atom. The van der Waals surface area contributed by atoms with Gasteiger partial charge in [0.05, 0.1) is 19.9 Å². The lowest BCUT2D eigenvalue weighted by molar-refractivity contribution is -0.117. The van der Waals surface area contributed by atoms with E-state index >= 15 is 0 Å². The van der Waals surface area contributed by atoms with Crippen molar-refractivity contribution in [1.82, 2.24) is 0 Å². The monoisotopic (exact) mass is 398 g/mol. The molecule has 0 saturated carbocycles. The van der Waals surface area contributed by atoms with Crippen molar-refractivity contribution >= 4 is 29.2 Å². The number of esters is 1. The normalized spacial score (nSPS) is 15.1. The molecule has 3 rings (SSSR count). The third-order valence-electron chi connectivity index (χ3n) is 4.83. The molecule has 1 aliphatic rings. The SMILES string of the molecule is CCC(=O)Nc1cc2c(cc1OC)[C@@H](c1ccc(O)c(C(=O)OC)c1)CC(=O)N2. The largest absolute Gasteiger partial charge is 0.507 e. The van der Waals surface area contributed by atoms with Gasteiger partial charge in [-0.05, 0) is 35.4 Å². The van der Waals surface area contributed by atoms with E-state index in [4.69, 9.17) is 9.47 Å². The van der Waals surface area contributed by atoms with Crippen molar-refractivity contribution in [3.05, 3.63) is 47.0 Å². The number of nitrogens with one attached hydrogen (secondary N) is 2. The van der Waals surface area contributed by atoms with E-state index in [-0.39, 0.29) is 35.5 Å². The Balaban J connectivity index is 2.09. The van der Waals surface area contributed by atoms with E-state index in [0.29, 0.717) is 29.1 Å². The molecule has 2 aromatic carbocycles. The molecule has 0 radical (unpaired) electrons. The first-order valence-corrected chi connectivity index (χ1v) is 9.10. The third-order valence-corrected chi connectivity index (χ3v) is 4.83. The Bertz CT molecular complexity index is 985. The van der Waals surface area contributed by atoms with Gasteiger partial charge in [-0.3, -0.25) is 9.59 Å². The molecule has 2 amide bonds. The second kappa shape index (κ2) is 8.22. The minimum Gasteiger partial charge on any atom is -0.507 e. The van der Waals surface area contributed by atoms with Gasteiger partial charge in [-0.15, -0.1) is 0 Å². The summed E-state index contributed by atoms with van der Waals surface area (Å²) in [5.74, 6) is -1.15. The standard InChI is InChI=1S/C21H22N2O6/c1-4-19(25)23-16-10-15-13(8-18(16)28-2)12(9-20(26)22-15)11-5-6-17(24)14(7-11)21(27)29-3/h5-8,10,12,24H,4,9H2,1-3H3,(H,22,26)(H,23,25)/t12-/m1/s1. The molecule has 2 aromatic rings. The molecule has 0 spiro atoms. The lowest BCUT2D eigenvalue weighted by atomic mass is 9.83. The van der Waals surface area contributed by atoms with Gasteiger partial charge in [0.2, 0.25) is 11.8 Å². The molecule has 1 aliphatic heterocycles. The lowest BCUT2D eigenvalue weighted by Gasteiger charge is -2.28. The summed E-state index contributed by atoms with van der Waals surface area (Å²) in [6.07, 6.45) is 0.460. The van der Waals surface area contributed by atoms with Crippen molar-refractivity contribution in [3.63, 3.8) is 0 Å². The number of ether oxygens (including phenoxy) is 2. The molecule has 1 heterocycles.